The van der Waals surface area contributed by atoms with E-state index in [1.807, 2.05) is 0 Å². The van der Waals surface area contributed by atoms with E-state index >= 15 is 0 Å². The van der Waals surface area contributed by atoms with Crippen LogP contribution in [0.4, 0.5) is 0 Å². The first-order valence-corrected chi connectivity index (χ1v) is 26.3. The lowest BCUT2D eigenvalue weighted by Gasteiger charge is -2.41. The Kier molecular flexibility index (Phi) is 37.7. The van der Waals surface area contributed by atoms with Crippen LogP contribution in [0.15, 0.2) is 36.5 Å². The topological polar surface area (TPSA) is 192 Å². The van der Waals surface area contributed by atoms with Crippen molar-refractivity contribution in [1.82, 2.24) is 0 Å². The van der Waals surface area contributed by atoms with Gasteiger partial charge < -0.3 is 39.9 Å². The Morgan fingerprint density at radius 2 is 0.903 bits per heavy atom. The van der Waals surface area contributed by atoms with Gasteiger partial charge in [0.1, 0.15) is 42.7 Å². The minimum absolute atomic E-state index is 0.0811. The fraction of sp³-hybridized carbons (Fsp3) is 0.857. The van der Waals surface area contributed by atoms with E-state index in [2.05, 4.69) is 50.3 Å². The molecule has 0 aromatic rings. The number of unbranched alkanes of at least 4 members (excludes halogenated alkanes) is 24. The van der Waals surface area contributed by atoms with Gasteiger partial charge in [0.05, 0.1) is 13.2 Å². The van der Waals surface area contributed by atoms with E-state index in [1.54, 1.807) is 0 Å². The maximum atomic E-state index is 12.8. The van der Waals surface area contributed by atoms with E-state index in [4.69, 9.17) is 18.5 Å². The zero-order chi connectivity index (χ0) is 45.5. The number of ether oxygens (including phenoxy) is 2. The van der Waals surface area contributed by atoms with Crippen molar-refractivity contribution in [3.05, 3.63) is 36.5 Å². The molecule has 62 heavy (non-hydrogen) atoms. The summed E-state index contributed by atoms with van der Waals surface area (Å²) in [5.74, 6) is -0.480. The highest BCUT2D eigenvalue weighted by Gasteiger charge is 2.51. The molecule has 1 saturated carbocycles. The molecular weight excluding hydrogens is 812 g/mol. The second-order valence-corrected chi connectivity index (χ2v) is 18.7. The number of allylic oxidation sites excluding steroid dienone is 6. The van der Waals surface area contributed by atoms with E-state index in [0.29, 0.717) is 13.0 Å². The normalized spacial score (nSPS) is 22.3. The molecule has 0 amide bonds. The van der Waals surface area contributed by atoms with Crippen LogP contribution in [0.3, 0.4) is 0 Å². The minimum atomic E-state index is -5.02. The van der Waals surface area contributed by atoms with Crippen LogP contribution in [0.5, 0.6) is 0 Å². The molecule has 0 radical (unpaired) electrons. The largest absolute Gasteiger partial charge is 0.472 e. The molecule has 1 rings (SSSR count). The number of aliphatic hydroxyl groups excluding tert-OH is 5. The Morgan fingerprint density at radius 3 is 1.37 bits per heavy atom. The van der Waals surface area contributed by atoms with E-state index < -0.39 is 63.1 Å². The Morgan fingerprint density at radius 1 is 0.516 bits per heavy atom. The number of aliphatic hydroxyl groups is 5. The van der Waals surface area contributed by atoms with Crippen LogP contribution < -0.4 is 0 Å². The van der Waals surface area contributed by atoms with E-state index in [9.17, 15) is 39.8 Å². The summed E-state index contributed by atoms with van der Waals surface area (Å²) in [5.41, 5.74) is 0. The number of phosphoric ester groups is 1. The quantitative estimate of drug-likeness (QED) is 0.0147. The molecule has 13 heteroatoms. The molecule has 0 bridgehead atoms. The van der Waals surface area contributed by atoms with Crippen molar-refractivity contribution in [1.29, 1.82) is 0 Å². The average molecular weight is 903 g/mol. The van der Waals surface area contributed by atoms with E-state index in [0.717, 1.165) is 64.2 Å². The zero-order valence-corrected chi connectivity index (χ0v) is 39.8. The maximum absolute atomic E-state index is 12.8. The Balaban J connectivity index is 2.34. The summed E-state index contributed by atoms with van der Waals surface area (Å²) in [4.78, 5) is 23.2. The van der Waals surface area contributed by atoms with Gasteiger partial charge >= 0.3 is 13.8 Å². The number of carbonyl (C=O) groups is 1. The van der Waals surface area contributed by atoms with Gasteiger partial charge in [-0.3, -0.25) is 13.8 Å². The first-order chi connectivity index (χ1) is 30.0. The summed E-state index contributed by atoms with van der Waals surface area (Å²) in [6.45, 7) is 4.24. The van der Waals surface area contributed by atoms with Crippen molar-refractivity contribution in [2.24, 2.45) is 0 Å². The van der Waals surface area contributed by atoms with Gasteiger partial charge in [0.25, 0.3) is 0 Å². The molecular formula is C49H91O12P. The van der Waals surface area contributed by atoms with Gasteiger partial charge in [-0.2, -0.15) is 0 Å². The van der Waals surface area contributed by atoms with Crippen LogP contribution in [0.1, 0.15) is 206 Å². The number of phosphoric acid groups is 1. The number of hydrogen-bond donors (Lipinski definition) is 6. The van der Waals surface area contributed by atoms with E-state index in [1.165, 1.54) is 116 Å². The minimum Gasteiger partial charge on any atom is -0.457 e. The van der Waals surface area contributed by atoms with Crippen LogP contribution >= 0.6 is 7.82 Å². The first-order valence-electron chi connectivity index (χ1n) is 24.8. The SMILES string of the molecule is CCCCCCC/C=C\C/C=C\C/C=C\CCCCCCCCCOCC(COP(=O)(O)OC1C(O)C(O)C(O)C(O)C1O)OC(=O)CCCCCCCCCCCCCCC. The van der Waals surface area contributed by atoms with Crippen LogP contribution in [-0.2, 0) is 27.9 Å². The zero-order valence-electron chi connectivity index (χ0n) is 38.9. The third kappa shape index (κ3) is 31.4. The van der Waals surface area contributed by atoms with Crippen LogP contribution in [0.25, 0.3) is 0 Å². The molecule has 0 saturated heterocycles. The molecule has 0 heterocycles. The van der Waals surface area contributed by atoms with Crippen LogP contribution in [0.2, 0.25) is 0 Å². The smallest absolute Gasteiger partial charge is 0.457 e. The first kappa shape index (κ1) is 58.6. The summed E-state index contributed by atoms with van der Waals surface area (Å²) in [6, 6.07) is 0. The molecule has 0 spiro atoms. The van der Waals surface area contributed by atoms with Gasteiger partial charge in [-0.15, -0.1) is 0 Å². The van der Waals surface area contributed by atoms with Crippen molar-refractivity contribution >= 4 is 13.8 Å². The van der Waals surface area contributed by atoms with Crippen LogP contribution in [-0.4, -0.2) is 98.9 Å². The van der Waals surface area contributed by atoms with Crippen molar-refractivity contribution in [3.63, 3.8) is 0 Å². The molecule has 6 unspecified atom stereocenters. The number of carbonyl (C=O) groups excluding carboxylic acids is 1. The lowest BCUT2D eigenvalue weighted by Crippen LogP contribution is -2.64. The molecule has 0 aromatic heterocycles. The third-order valence-electron chi connectivity index (χ3n) is 11.5. The molecule has 0 aliphatic heterocycles. The fourth-order valence-electron chi connectivity index (χ4n) is 7.54. The standard InChI is InChI=1S/C49H91O12P/c1-3-5-7-9-11-13-15-17-18-19-20-21-22-23-24-25-27-29-31-33-35-37-39-58-40-42(41-59-62(56,57)61-49-47(54)45(52)44(51)46(53)48(49)55)60-43(50)38-36-34-32-30-28-26-16-14-12-10-8-6-4-2/h15,17,19-20,22-23,42,44-49,51-55H,3-14,16,18,21,24-41H2,1-2H3,(H,56,57)/b17-15-,20-19-,23-22-. The molecule has 12 nitrogen and oxygen atoms in total. The third-order valence-corrected chi connectivity index (χ3v) is 12.5. The lowest BCUT2D eigenvalue weighted by atomic mass is 9.85. The van der Waals surface area contributed by atoms with Crippen molar-refractivity contribution in [2.75, 3.05) is 19.8 Å². The monoisotopic (exact) mass is 903 g/mol. The number of rotatable bonds is 42. The lowest BCUT2D eigenvalue weighted by molar-refractivity contribution is -0.220. The number of esters is 1. The van der Waals surface area contributed by atoms with Crippen molar-refractivity contribution in [3.8, 4) is 0 Å². The Labute approximate surface area is 376 Å². The highest BCUT2D eigenvalue weighted by molar-refractivity contribution is 7.47. The van der Waals surface area contributed by atoms with Gasteiger partial charge in [0, 0.05) is 13.0 Å². The molecule has 6 atom stereocenters. The molecule has 0 aromatic carbocycles. The van der Waals surface area contributed by atoms with Gasteiger partial charge in [-0.1, -0.05) is 185 Å². The van der Waals surface area contributed by atoms with Gasteiger partial charge in [-0.25, -0.2) is 4.57 Å². The average Bonchev–Trinajstić information content (AvgIpc) is 3.26. The van der Waals surface area contributed by atoms with Crippen molar-refractivity contribution in [2.45, 2.75) is 249 Å². The Hall–Kier alpha value is -1.44. The highest BCUT2D eigenvalue weighted by Crippen LogP contribution is 2.47. The maximum Gasteiger partial charge on any atom is 0.472 e. The summed E-state index contributed by atoms with van der Waals surface area (Å²) < 4.78 is 34.2. The van der Waals surface area contributed by atoms with Gasteiger partial charge in [0.15, 0.2) is 0 Å². The molecule has 1 fully saturated rings. The highest BCUT2D eigenvalue weighted by atomic mass is 31.2. The fourth-order valence-corrected chi connectivity index (χ4v) is 8.51. The summed E-state index contributed by atoms with van der Waals surface area (Å²) >= 11 is 0. The summed E-state index contributed by atoms with van der Waals surface area (Å²) in [6.07, 6.45) is 35.0. The number of hydrogen-bond acceptors (Lipinski definition) is 11. The van der Waals surface area contributed by atoms with Gasteiger partial charge in [0.2, 0.25) is 0 Å². The summed E-state index contributed by atoms with van der Waals surface area (Å²) in [7, 11) is -5.02. The second kappa shape index (κ2) is 39.9. The van der Waals surface area contributed by atoms with Crippen molar-refractivity contribution < 1.29 is 58.3 Å². The Bertz CT molecular complexity index is 1170. The predicted molar refractivity (Wildman–Crippen MR) is 249 cm³/mol. The molecule has 6 N–H and O–H groups in total. The van der Waals surface area contributed by atoms with E-state index in [-0.39, 0.29) is 13.0 Å². The van der Waals surface area contributed by atoms with Gasteiger partial charge in [-0.05, 0) is 51.4 Å². The summed E-state index contributed by atoms with van der Waals surface area (Å²) in [5, 5.41) is 50.2. The van der Waals surface area contributed by atoms with Crippen LogP contribution in [0, 0.1) is 0 Å². The molecule has 1 aliphatic rings. The molecule has 364 valence electrons. The second-order valence-electron chi connectivity index (χ2n) is 17.3. The molecule has 1 aliphatic carbocycles. The predicted octanol–water partition coefficient (Wildman–Crippen LogP) is 10.6.